The van der Waals surface area contributed by atoms with Crippen LogP contribution < -0.4 is 10.1 Å². The summed E-state index contributed by atoms with van der Waals surface area (Å²) in [6, 6.07) is 6.18. The summed E-state index contributed by atoms with van der Waals surface area (Å²) in [5.74, 6) is 0.139. The lowest BCUT2D eigenvalue weighted by Gasteiger charge is -2.20. The van der Waals surface area contributed by atoms with Crippen LogP contribution in [0.25, 0.3) is 16.7 Å². The molecule has 1 amide bonds. The van der Waals surface area contributed by atoms with Gasteiger partial charge in [-0.2, -0.15) is 5.10 Å². The van der Waals surface area contributed by atoms with Gasteiger partial charge in [-0.1, -0.05) is 6.07 Å². The van der Waals surface area contributed by atoms with Crippen molar-refractivity contribution in [2.75, 3.05) is 6.61 Å². The second kappa shape index (κ2) is 6.74. The van der Waals surface area contributed by atoms with E-state index in [1.807, 2.05) is 46.8 Å². The molecule has 0 fully saturated rings. The molecular formula is C19H23N5O2. The van der Waals surface area contributed by atoms with Crippen molar-refractivity contribution in [1.29, 1.82) is 0 Å². The molecule has 136 valence electrons. The number of amides is 1. The van der Waals surface area contributed by atoms with E-state index in [1.165, 1.54) is 6.33 Å². The number of hydrogen-bond acceptors (Lipinski definition) is 5. The van der Waals surface area contributed by atoms with Crippen LogP contribution in [0.3, 0.4) is 0 Å². The Labute approximate surface area is 152 Å². The van der Waals surface area contributed by atoms with Gasteiger partial charge in [0.15, 0.2) is 12.3 Å². The van der Waals surface area contributed by atoms with E-state index in [2.05, 4.69) is 26.4 Å². The molecule has 7 heteroatoms. The molecule has 7 nitrogen and oxygen atoms in total. The maximum Gasteiger partial charge on any atom is 0.258 e. The normalized spacial score (nSPS) is 11.6. The van der Waals surface area contributed by atoms with Gasteiger partial charge in [-0.3, -0.25) is 4.79 Å². The minimum Gasteiger partial charge on any atom is -0.467 e. The Morgan fingerprint density at radius 3 is 2.50 bits per heavy atom. The maximum absolute atomic E-state index is 12.0. The fraction of sp³-hybridized carbons (Fsp3) is 0.368. The van der Waals surface area contributed by atoms with Gasteiger partial charge in [0.1, 0.15) is 11.7 Å². The van der Waals surface area contributed by atoms with Crippen molar-refractivity contribution >= 4 is 16.9 Å². The first kappa shape index (κ1) is 17.8. The summed E-state index contributed by atoms with van der Waals surface area (Å²) in [6.45, 7) is 9.72. The molecule has 0 aliphatic carbocycles. The molecule has 26 heavy (non-hydrogen) atoms. The van der Waals surface area contributed by atoms with Gasteiger partial charge in [0, 0.05) is 5.54 Å². The van der Waals surface area contributed by atoms with Crippen LogP contribution >= 0.6 is 0 Å². The van der Waals surface area contributed by atoms with E-state index in [4.69, 9.17) is 4.74 Å². The minimum absolute atomic E-state index is 0.113. The van der Waals surface area contributed by atoms with Crippen LogP contribution in [-0.4, -0.2) is 37.8 Å². The van der Waals surface area contributed by atoms with E-state index >= 15 is 0 Å². The van der Waals surface area contributed by atoms with Gasteiger partial charge in [0.25, 0.3) is 5.91 Å². The van der Waals surface area contributed by atoms with Crippen molar-refractivity contribution in [3.8, 4) is 11.6 Å². The molecule has 1 aromatic carbocycles. The third-order valence-electron chi connectivity index (χ3n) is 3.63. The lowest BCUT2D eigenvalue weighted by molar-refractivity contribution is -0.124. The molecule has 1 N–H and O–H groups in total. The van der Waals surface area contributed by atoms with Gasteiger partial charge in [-0.05, 0) is 57.9 Å². The molecule has 2 heterocycles. The van der Waals surface area contributed by atoms with E-state index in [0.717, 1.165) is 16.8 Å². The van der Waals surface area contributed by atoms with Gasteiger partial charge in [0.05, 0.1) is 11.9 Å². The van der Waals surface area contributed by atoms with Crippen LogP contribution in [0.15, 0.2) is 30.7 Å². The molecule has 0 aliphatic heterocycles. The van der Waals surface area contributed by atoms with Gasteiger partial charge in [-0.15, -0.1) is 0 Å². The molecule has 0 spiro atoms. The Bertz CT molecular complexity index is 936. The van der Waals surface area contributed by atoms with E-state index in [9.17, 15) is 4.79 Å². The highest BCUT2D eigenvalue weighted by Crippen LogP contribution is 2.24. The van der Waals surface area contributed by atoms with Crippen LogP contribution in [-0.2, 0) is 4.79 Å². The molecular weight excluding hydrogens is 330 g/mol. The molecule has 0 atom stereocenters. The monoisotopic (exact) mass is 353 g/mol. The summed E-state index contributed by atoms with van der Waals surface area (Å²) in [7, 11) is 0. The average Bonchev–Trinajstić information content (AvgIpc) is 2.95. The summed E-state index contributed by atoms with van der Waals surface area (Å²) in [4.78, 5) is 20.5. The lowest BCUT2D eigenvalue weighted by atomic mass is 10.1. The zero-order valence-electron chi connectivity index (χ0n) is 15.7. The predicted molar refractivity (Wildman–Crippen MR) is 99.5 cm³/mol. The molecule has 0 unspecified atom stereocenters. The first-order valence-corrected chi connectivity index (χ1v) is 8.44. The zero-order chi connectivity index (χ0) is 18.9. The Hall–Kier alpha value is -2.96. The van der Waals surface area contributed by atoms with Crippen molar-refractivity contribution in [3.63, 3.8) is 0 Å². The maximum atomic E-state index is 12.0. The second-order valence-corrected chi connectivity index (χ2v) is 7.41. The van der Waals surface area contributed by atoms with Crippen LogP contribution in [0.2, 0.25) is 0 Å². The van der Waals surface area contributed by atoms with Gasteiger partial charge >= 0.3 is 0 Å². The van der Waals surface area contributed by atoms with Gasteiger partial charge in [-0.25, -0.2) is 14.6 Å². The van der Waals surface area contributed by atoms with Crippen LogP contribution in [0.1, 0.15) is 31.9 Å². The number of benzene rings is 1. The van der Waals surface area contributed by atoms with E-state index in [1.54, 1.807) is 10.9 Å². The number of carbonyl (C=O) groups is 1. The Morgan fingerprint density at radius 2 is 1.85 bits per heavy atom. The van der Waals surface area contributed by atoms with Crippen molar-refractivity contribution in [2.24, 2.45) is 0 Å². The summed E-state index contributed by atoms with van der Waals surface area (Å²) < 4.78 is 7.36. The number of hydrogen-bond donors (Lipinski definition) is 1. The number of rotatable bonds is 4. The van der Waals surface area contributed by atoms with Crippen LogP contribution in [0.5, 0.6) is 5.88 Å². The largest absolute Gasteiger partial charge is 0.467 e. The number of aryl methyl sites for hydroxylation is 2. The van der Waals surface area contributed by atoms with Crippen LogP contribution in [0.4, 0.5) is 0 Å². The number of nitrogens with one attached hydrogen (secondary N) is 1. The summed E-state index contributed by atoms with van der Waals surface area (Å²) in [6.07, 6.45) is 3.07. The predicted octanol–water partition coefficient (Wildman–Crippen LogP) is 2.73. The quantitative estimate of drug-likeness (QED) is 0.780. The number of carbonyl (C=O) groups excluding carboxylic acids is 1. The third-order valence-corrected chi connectivity index (χ3v) is 3.63. The van der Waals surface area contributed by atoms with E-state index in [-0.39, 0.29) is 18.1 Å². The van der Waals surface area contributed by atoms with Crippen molar-refractivity contribution in [2.45, 2.75) is 40.2 Å². The highest BCUT2D eigenvalue weighted by atomic mass is 16.5. The fourth-order valence-corrected chi connectivity index (χ4v) is 2.79. The molecule has 0 bridgehead atoms. The SMILES string of the molecule is Cc1cc(C)cc(-n2ncc3c(OCC(=O)NC(C)(C)C)ncnc32)c1. The highest BCUT2D eigenvalue weighted by molar-refractivity contribution is 5.82. The molecule has 3 aromatic rings. The van der Waals surface area contributed by atoms with Crippen molar-refractivity contribution < 1.29 is 9.53 Å². The Balaban J connectivity index is 1.88. The molecule has 0 aliphatic rings. The highest BCUT2D eigenvalue weighted by Gasteiger charge is 2.16. The van der Waals surface area contributed by atoms with Crippen molar-refractivity contribution in [1.82, 2.24) is 25.1 Å². The first-order valence-electron chi connectivity index (χ1n) is 8.44. The molecule has 2 aromatic heterocycles. The minimum atomic E-state index is -0.310. The molecule has 0 saturated heterocycles. The summed E-state index contributed by atoms with van der Waals surface area (Å²) in [5, 5.41) is 7.94. The standard InChI is InChI=1S/C19H23N5O2/c1-12-6-13(2)8-14(7-12)24-17-15(9-22-24)18(21-11-20-17)26-10-16(25)23-19(3,4)5/h6-9,11H,10H2,1-5H3,(H,23,25). The number of fused-ring (bicyclic) bond motifs is 1. The summed E-state index contributed by atoms with van der Waals surface area (Å²) >= 11 is 0. The van der Waals surface area contributed by atoms with Crippen LogP contribution in [0, 0.1) is 13.8 Å². The number of aromatic nitrogens is 4. The van der Waals surface area contributed by atoms with E-state index < -0.39 is 0 Å². The molecule has 0 radical (unpaired) electrons. The summed E-state index contributed by atoms with van der Waals surface area (Å²) in [5.41, 5.74) is 3.54. The first-order chi connectivity index (χ1) is 12.2. The Kier molecular flexibility index (Phi) is 4.63. The fourth-order valence-electron chi connectivity index (χ4n) is 2.79. The Morgan fingerprint density at radius 1 is 1.15 bits per heavy atom. The molecule has 0 saturated carbocycles. The van der Waals surface area contributed by atoms with Crippen molar-refractivity contribution in [3.05, 3.63) is 41.9 Å². The second-order valence-electron chi connectivity index (χ2n) is 7.41. The lowest BCUT2D eigenvalue weighted by Crippen LogP contribution is -2.43. The topological polar surface area (TPSA) is 81.9 Å². The van der Waals surface area contributed by atoms with Gasteiger partial charge in [0.2, 0.25) is 5.88 Å². The van der Waals surface area contributed by atoms with E-state index in [0.29, 0.717) is 16.9 Å². The van der Waals surface area contributed by atoms with Gasteiger partial charge < -0.3 is 10.1 Å². The number of ether oxygens (including phenoxy) is 1. The molecule has 3 rings (SSSR count). The number of nitrogens with zero attached hydrogens (tertiary/aromatic N) is 4. The zero-order valence-corrected chi connectivity index (χ0v) is 15.7. The third kappa shape index (κ3) is 3.99. The smallest absolute Gasteiger partial charge is 0.258 e. The average molecular weight is 353 g/mol.